The fourth-order valence-corrected chi connectivity index (χ4v) is 2.29. The van der Waals surface area contributed by atoms with Crippen LogP contribution in [0.4, 0.5) is 0 Å². The Morgan fingerprint density at radius 3 is 2.79 bits per heavy atom. The topological polar surface area (TPSA) is 114 Å². The lowest BCUT2D eigenvalue weighted by Crippen LogP contribution is -2.42. The van der Waals surface area contributed by atoms with Crippen LogP contribution in [0.25, 0.3) is 0 Å². The molecule has 1 aliphatic heterocycles. The van der Waals surface area contributed by atoms with Gasteiger partial charge in [-0.25, -0.2) is 4.79 Å². The first-order valence-corrected chi connectivity index (χ1v) is 7.55. The van der Waals surface area contributed by atoms with Crippen molar-refractivity contribution in [3.63, 3.8) is 0 Å². The summed E-state index contributed by atoms with van der Waals surface area (Å²) in [7, 11) is 0. The summed E-state index contributed by atoms with van der Waals surface area (Å²) in [6.45, 7) is 1.87. The van der Waals surface area contributed by atoms with Gasteiger partial charge in [-0.1, -0.05) is 18.2 Å². The Labute approximate surface area is 138 Å². The highest BCUT2D eigenvalue weighted by Crippen LogP contribution is 2.16. The number of rotatable bonds is 6. The van der Waals surface area contributed by atoms with Gasteiger partial charge in [-0.2, -0.15) is 0 Å². The van der Waals surface area contributed by atoms with Crippen LogP contribution >= 0.6 is 0 Å². The van der Waals surface area contributed by atoms with Gasteiger partial charge >= 0.3 is 11.9 Å². The summed E-state index contributed by atoms with van der Waals surface area (Å²) in [4.78, 5) is 27.8. The van der Waals surface area contributed by atoms with E-state index in [1.165, 1.54) is 11.9 Å². The van der Waals surface area contributed by atoms with Gasteiger partial charge in [0.15, 0.2) is 0 Å². The van der Waals surface area contributed by atoms with Gasteiger partial charge in [0.05, 0.1) is 29.5 Å². The number of hydrazine groups is 1. The highest BCUT2D eigenvalue weighted by molar-refractivity contribution is 5.89. The summed E-state index contributed by atoms with van der Waals surface area (Å²) >= 11 is 0. The van der Waals surface area contributed by atoms with Crippen molar-refractivity contribution in [1.29, 1.82) is 0 Å². The van der Waals surface area contributed by atoms with E-state index in [0.717, 1.165) is 0 Å². The van der Waals surface area contributed by atoms with Crippen LogP contribution in [-0.2, 0) is 14.4 Å². The lowest BCUT2D eigenvalue weighted by Gasteiger charge is -2.26. The standard InChI is InChI=1S/C15H19N3O6/c1-11(23-15(21)12-6-3-2-4-7-12)24-16-18(22)17-9-5-8-13(10-17)14(19)20/h2-4,6-7,11,13H,5,8-10H2,1H3,(H,19,20). The Bertz CT molecular complexity index is 606. The normalized spacial score (nSPS) is 19.5. The van der Waals surface area contributed by atoms with Gasteiger partial charge in [0.1, 0.15) is 0 Å². The molecular weight excluding hydrogens is 318 g/mol. The number of carboxylic acid groups (broad SMARTS) is 1. The van der Waals surface area contributed by atoms with Gasteiger partial charge in [0, 0.05) is 6.92 Å². The van der Waals surface area contributed by atoms with Crippen LogP contribution in [0.5, 0.6) is 0 Å². The molecule has 1 saturated heterocycles. The molecule has 0 aliphatic carbocycles. The summed E-state index contributed by atoms with van der Waals surface area (Å²) in [6, 6.07) is 8.34. The van der Waals surface area contributed by atoms with Crippen LogP contribution in [0.1, 0.15) is 30.1 Å². The number of esters is 1. The van der Waals surface area contributed by atoms with Crippen molar-refractivity contribution < 1.29 is 29.2 Å². The highest BCUT2D eigenvalue weighted by atomic mass is 16.8. The van der Waals surface area contributed by atoms with Crippen molar-refractivity contribution in [3.8, 4) is 0 Å². The van der Waals surface area contributed by atoms with E-state index in [2.05, 4.69) is 5.28 Å². The maximum Gasteiger partial charge on any atom is 0.341 e. The van der Waals surface area contributed by atoms with Crippen LogP contribution < -0.4 is 0 Å². The molecule has 1 aliphatic rings. The minimum atomic E-state index is -1.06. The van der Waals surface area contributed by atoms with Gasteiger partial charge in [-0.05, 0) is 25.0 Å². The van der Waals surface area contributed by atoms with Gasteiger partial charge in [0.2, 0.25) is 5.28 Å². The number of piperidine rings is 1. The summed E-state index contributed by atoms with van der Waals surface area (Å²) < 4.78 is 5.00. The van der Waals surface area contributed by atoms with Gasteiger partial charge in [-0.3, -0.25) is 9.63 Å². The fraction of sp³-hybridized carbons (Fsp3) is 0.467. The van der Waals surface area contributed by atoms with Gasteiger partial charge < -0.3 is 15.1 Å². The minimum Gasteiger partial charge on any atom is -0.569 e. The van der Waals surface area contributed by atoms with Crippen molar-refractivity contribution in [2.45, 2.75) is 26.1 Å². The molecule has 0 radical (unpaired) electrons. The molecule has 1 heterocycles. The second kappa shape index (κ2) is 8.14. The smallest absolute Gasteiger partial charge is 0.341 e. The van der Waals surface area contributed by atoms with Crippen molar-refractivity contribution in [2.75, 3.05) is 13.1 Å². The summed E-state index contributed by atoms with van der Waals surface area (Å²) in [6.07, 6.45) is 0.0317. The Balaban J connectivity index is 1.85. The predicted octanol–water partition coefficient (Wildman–Crippen LogP) is 1.80. The molecule has 1 fully saturated rings. The molecule has 2 rings (SSSR count). The maximum absolute atomic E-state index is 11.8. The highest BCUT2D eigenvalue weighted by Gasteiger charge is 2.30. The zero-order valence-corrected chi connectivity index (χ0v) is 13.2. The molecule has 0 amide bonds. The Morgan fingerprint density at radius 2 is 2.12 bits per heavy atom. The second-order valence-electron chi connectivity index (χ2n) is 5.37. The second-order valence-corrected chi connectivity index (χ2v) is 5.37. The van der Waals surface area contributed by atoms with Crippen LogP contribution in [-0.4, -0.2) is 46.4 Å². The minimum absolute atomic E-state index is 0.0594. The largest absolute Gasteiger partial charge is 0.569 e. The first-order valence-electron chi connectivity index (χ1n) is 7.55. The van der Waals surface area contributed by atoms with E-state index >= 15 is 0 Å². The molecule has 0 saturated carbocycles. The zero-order chi connectivity index (χ0) is 17.5. The van der Waals surface area contributed by atoms with Crippen LogP contribution in [0, 0.1) is 11.1 Å². The summed E-state index contributed by atoms with van der Waals surface area (Å²) in [5.41, 5.74) is 0.354. The summed E-state index contributed by atoms with van der Waals surface area (Å²) in [5, 5.41) is 25.4. The Kier molecular flexibility index (Phi) is 5.94. The van der Waals surface area contributed by atoms with Crippen molar-refractivity contribution in [2.24, 2.45) is 11.2 Å². The van der Waals surface area contributed by atoms with E-state index in [1.807, 2.05) is 0 Å². The molecule has 9 nitrogen and oxygen atoms in total. The van der Waals surface area contributed by atoms with E-state index in [9.17, 15) is 14.8 Å². The number of benzene rings is 1. The number of hydrogen-bond donors (Lipinski definition) is 1. The molecule has 1 aromatic rings. The Hall–Kier alpha value is -2.84. The zero-order valence-electron chi connectivity index (χ0n) is 13.2. The van der Waals surface area contributed by atoms with Crippen molar-refractivity contribution in [1.82, 2.24) is 5.01 Å². The first-order chi connectivity index (χ1) is 11.5. The third kappa shape index (κ3) is 4.83. The van der Waals surface area contributed by atoms with E-state index in [1.54, 1.807) is 30.3 Å². The van der Waals surface area contributed by atoms with Crippen molar-refractivity contribution in [3.05, 3.63) is 41.1 Å². The summed E-state index contributed by atoms with van der Waals surface area (Å²) in [5.74, 6) is -2.16. The number of carbonyl (C=O) groups is 2. The monoisotopic (exact) mass is 337 g/mol. The molecule has 24 heavy (non-hydrogen) atoms. The molecule has 130 valence electrons. The molecule has 0 spiro atoms. The molecule has 1 N–H and O–H groups in total. The lowest BCUT2D eigenvalue weighted by atomic mass is 10.00. The molecule has 0 bridgehead atoms. The maximum atomic E-state index is 11.8. The number of carbonyl (C=O) groups excluding carboxylic acids is 1. The lowest BCUT2D eigenvalue weighted by molar-refractivity contribution is -0.715. The third-order valence-corrected chi connectivity index (χ3v) is 3.54. The van der Waals surface area contributed by atoms with Crippen LogP contribution in [0.15, 0.2) is 35.6 Å². The SMILES string of the molecule is CC(ON=[N+]([O-])N1CCCC(C(=O)O)C1)OC(=O)c1ccccc1. The van der Waals surface area contributed by atoms with E-state index in [-0.39, 0.29) is 11.5 Å². The number of carboxylic acids is 1. The van der Waals surface area contributed by atoms with Crippen LogP contribution in [0.2, 0.25) is 0 Å². The Morgan fingerprint density at radius 1 is 1.42 bits per heavy atom. The number of nitrogens with zero attached hydrogens (tertiary/aromatic N) is 3. The molecule has 0 aromatic heterocycles. The molecule has 2 unspecified atom stereocenters. The van der Waals surface area contributed by atoms with Crippen molar-refractivity contribution >= 4 is 11.9 Å². The average molecular weight is 337 g/mol. The molecule has 9 heteroatoms. The fourth-order valence-electron chi connectivity index (χ4n) is 2.29. The molecular formula is C15H19N3O6. The van der Waals surface area contributed by atoms with Gasteiger partial charge in [-0.15, -0.1) is 5.01 Å². The average Bonchev–Trinajstić information content (AvgIpc) is 2.60. The quantitative estimate of drug-likeness (QED) is 0.277. The van der Waals surface area contributed by atoms with E-state index in [4.69, 9.17) is 14.7 Å². The molecule has 1 aromatic carbocycles. The predicted molar refractivity (Wildman–Crippen MR) is 80.4 cm³/mol. The number of ether oxygens (including phenoxy) is 1. The van der Waals surface area contributed by atoms with Gasteiger partial charge in [0.25, 0.3) is 6.29 Å². The van der Waals surface area contributed by atoms with E-state index < -0.39 is 24.1 Å². The van der Waals surface area contributed by atoms with Crippen LogP contribution in [0.3, 0.4) is 0 Å². The molecule has 2 atom stereocenters. The number of hydrogen-bond acceptors (Lipinski definition) is 6. The third-order valence-electron chi connectivity index (χ3n) is 3.54. The first kappa shape index (κ1) is 17.5. The number of aliphatic carboxylic acids is 1. The van der Waals surface area contributed by atoms with E-state index in [0.29, 0.717) is 24.9 Å².